The van der Waals surface area contributed by atoms with Crippen LogP contribution in [0.15, 0.2) is 59.7 Å². The Morgan fingerprint density at radius 1 is 1.18 bits per heavy atom. The van der Waals surface area contributed by atoms with Crippen LogP contribution in [0.1, 0.15) is 27.7 Å². The molecule has 0 spiro atoms. The number of hydrogen-bond acceptors (Lipinski definition) is 5. The Morgan fingerprint density at radius 3 is 2.54 bits per heavy atom. The van der Waals surface area contributed by atoms with Crippen molar-refractivity contribution in [2.45, 2.75) is 13.0 Å². The number of benzene rings is 1. The molecule has 0 aliphatic heterocycles. The number of aryl methyl sites for hydroxylation is 1. The largest absolute Gasteiger partial charge is 0.382 e. The lowest BCUT2D eigenvalue weighted by molar-refractivity contribution is 0.0593. The number of likely N-dealkylation sites (N-methyl/N-ethyl adjacent to an activating group) is 1. The molecule has 3 aromatic rings. The Hall–Kier alpha value is -3.32. The van der Waals surface area contributed by atoms with Crippen molar-refractivity contribution in [2.24, 2.45) is 0 Å². The molecule has 0 aliphatic carbocycles. The van der Waals surface area contributed by atoms with E-state index in [4.69, 9.17) is 4.74 Å². The first kappa shape index (κ1) is 19.4. The third-order valence-corrected chi connectivity index (χ3v) is 4.50. The molecule has 0 aliphatic rings. The minimum Gasteiger partial charge on any atom is -0.382 e. The average Bonchev–Trinajstić information content (AvgIpc) is 2.72. The van der Waals surface area contributed by atoms with Crippen molar-refractivity contribution < 1.29 is 9.53 Å². The second kappa shape index (κ2) is 8.58. The van der Waals surface area contributed by atoms with Crippen LogP contribution in [-0.2, 0) is 4.74 Å². The van der Waals surface area contributed by atoms with Crippen LogP contribution in [0, 0.1) is 6.92 Å². The number of pyridine rings is 1. The molecule has 1 amide bonds. The van der Waals surface area contributed by atoms with E-state index in [0.717, 1.165) is 11.1 Å². The van der Waals surface area contributed by atoms with Gasteiger partial charge in [-0.25, -0.2) is 4.98 Å². The van der Waals surface area contributed by atoms with Gasteiger partial charge in [-0.3, -0.25) is 14.6 Å². The Labute approximate surface area is 163 Å². The van der Waals surface area contributed by atoms with E-state index >= 15 is 0 Å². The zero-order valence-electron chi connectivity index (χ0n) is 16.0. The third kappa shape index (κ3) is 4.15. The Balaban J connectivity index is 1.88. The number of ether oxygens (including phenoxy) is 1. The number of aromatic nitrogens is 3. The van der Waals surface area contributed by atoms with Crippen molar-refractivity contribution in [3.05, 3.63) is 82.0 Å². The van der Waals surface area contributed by atoms with E-state index in [-0.39, 0.29) is 12.2 Å². The van der Waals surface area contributed by atoms with Gasteiger partial charge in [0.15, 0.2) is 0 Å². The van der Waals surface area contributed by atoms with Gasteiger partial charge in [-0.15, -0.1) is 0 Å². The highest BCUT2D eigenvalue weighted by atomic mass is 16.5. The van der Waals surface area contributed by atoms with E-state index in [1.54, 1.807) is 26.4 Å². The van der Waals surface area contributed by atoms with Crippen molar-refractivity contribution in [1.29, 1.82) is 0 Å². The molecule has 1 aromatic carbocycles. The molecule has 1 atom stereocenters. The van der Waals surface area contributed by atoms with E-state index in [0.29, 0.717) is 11.5 Å². The normalized spacial score (nSPS) is 11.8. The first-order valence-electron chi connectivity index (χ1n) is 8.84. The van der Waals surface area contributed by atoms with Crippen LogP contribution in [0.2, 0.25) is 0 Å². The summed E-state index contributed by atoms with van der Waals surface area (Å²) >= 11 is 0. The summed E-state index contributed by atoms with van der Waals surface area (Å²) in [5, 5.41) is 0. The number of carbonyl (C=O) groups is 1. The molecule has 3 rings (SSSR count). The quantitative estimate of drug-likeness (QED) is 0.712. The molecule has 28 heavy (non-hydrogen) atoms. The summed E-state index contributed by atoms with van der Waals surface area (Å²) in [5.41, 5.74) is 2.05. The number of carbonyl (C=O) groups excluding carboxylic acids is 1. The molecule has 2 aromatic heterocycles. The van der Waals surface area contributed by atoms with Crippen LogP contribution in [0.25, 0.3) is 11.4 Å². The molecule has 7 heteroatoms. The van der Waals surface area contributed by atoms with Crippen LogP contribution in [-0.4, -0.2) is 46.5 Å². The minimum atomic E-state index is -0.486. The van der Waals surface area contributed by atoms with Crippen molar-refractivity contribution in [3.63, 3.8) is 0 Å². The summed E-state index contributed by atoms with van der Waals surface area (Å²) in [6, 6.07) is 12.6. The summed E-state index contributed by atoms with van der Waals surface area (Å²) < 4.78 is 5.25. The van der Waals surface area contributed by atoms with Crippen LogP contribution in [0.5, 0.6) is 0 Å². The van der Waals surface area contributed by atoms with Crippen molar-refractivity contribution in [1.82, 2.24) is 19.9 Å². The fraction of sp³-hybridized carbons (Fsp3) is 0.238. The number of nitrogens with one attached hydrogen (secondary N) is 1. The molecule has 0 saturated carbocycles. The molecule has 0 radical (unpaired) electrons. The lowest BCUT2D eigenvalue weighted by atomic mass is 10.1. The van der Waals surface area contributed by atoms with Crippen LogP contribution >= 0.6 is 0 Å². The summed E-state index contributed by atoms with van der Waals surface area (Å²) in [6.07, 6.45) is 2.97. The Kier molecular flexibility index (Phi) is 5.96. The molecule has 7 nitrogen and oxygen atoms in total. The van der Waals surface area contributed by atoms with E-state index in [1.165, 1.54) is 11.1 Å². The number of aromatic amines is 1. The van der Waals surface area contributed by atoms with Gasteiger partial charge in [0.05, 0.1) is 18.3 Å². The lowest BCUT2D eigenvalue weighted by Crippen LogP contribution is -2.37. The monoisotopic (exact) mass is 378 g/mol. The average molecular weight is 378 g/mol. The molecule has 2 heterocycles. The SMILES string of the molecule is COC[C@@H](c1ccccn1)N(C)C(=O)c1cnc(-c2ccc(C)cc2)[nH]c1=O. The predicted molar refractivity (Wildman–Crippen MR) is 106 cm³/mol. The number of H-pyrrole nitrogens is 1. The highest BCUT2D eigenvalue weighted by Gasteiger charge is 2.26. The molecular formula is C21H22N4O3. The Bertz CT molecular complexity index is 1000. The first-order valence-corrected chi connectivity index (χ1v) is 8.84. The number of methoxy groups -OCH3 is 1. The second-order valence-corrected chi connectivity index (χ2v) is 6.48. The highest BCUT2D eigenvalue weighted by Crippen LogP contribution is 2.19. The van der Waals surface area contributed by atoms with Gasteiger partial charge >= 0.3 is 0 Å². The minimum absolute atomic E-state index is 0.0320. The highest BCUT2D eigenvalue weighted by molar-refractivity contribution is 5.93. The topological polar surface area (TPSA) is 88.2 Å². The molecular weight excluding hydrogens is 356 g/mol. The molecule has 0 unspecified atom stereocenters. The fourth-order valence-electron chi connectivity index (χ4n) is 2.86. The van der Waals surface area contributed by atoms with E-state index < -0.39 is 17.5 Å². The second-order valence-electron chi connectivity index (χ2n) is 6.48. The third-order valence-electron chi connectivity index (χ3n) is 4.50. The standard InChI is InChI=1S/C21H22N4O3/c1-14-7-9-15(10-8-14)19-23-12-16(20(26)24-19)21(27)25(2)18(13-28-3)17-6-4-5-11-22-17/h4-12,18H,13H2,1-3H3,(H,23,24,26)/t18-/m0/s1. The number of rotatable bonds is 6. The Morgan fingerprint density at radius 2 is 1.93 bits per heavy atom. The van der Waals surface area contributed by atoms with E-state index in [9.17, 15) is 9.59 Å². The zero-order valence-corrected chi connectivity index (χ0v) is 16.0. The summed E-state index contributed by atoms with van der Waals surface area (Å²) in [4.78, 5) is 38.2. The zero-order chi connectivity index (χ0) is 20.1. The summed E-state index contributed by atoms with van der Waals surface area (Å²) in [7, 11) is 3.17. The molecule has 1 N–H and O–H groups in total. The van der Waals surface area contributed by atoms with Gasteiger partial charge in [0.1, 0.15) is 11.4 Å². The van der Waals surface area contributed by atoms with Gasteiger partial charge in [-0.1, -0.05) is 35.9 Å². The molecule has 0 bridgehead atoms. The molecule has 144 valence electrons. The van der Waals surface area contributed by atoms with Gasteiger partial charge in [-0.05, 0) is 19.1 Å². The number of hydrogen-bond donors (Lipinski definition) is 1. The van der Waals surface area contributed by atoms with Gasteiger partial charge in [0.2, 0.25) is 0 Å². The number of nitrogens with zero attached hydrogens (tertiary/aromatic N) is 3. The summed E-state index contributed by atoms with van der Waals surface area (Å²) in [5.74, 6) is -0.0284. The van der Waals surface area contributed by atoms with E-state index in [2.05, 4.69) is 15.0 Å². The molecule has 0 fully saturated rings. The first-order chi connectivity index (χ1) is 13.5. The van der Waals surface area contributed by atoms with Crippen LogP contribution in [0.3, 0.4) is 0 Å². The van der Waals surface area contributed by atoms with Gasteiger partial charge in [-0.2, -0.15) is 0 Å². The summed E-state index contributed by atoms with van der Waals surface area (Å²) in [6.45, 7) is 2.24. The van der Waals surface area contributed by atoms with E-state index in [1.807, 2.05) is 43.3 Å². The number of amides is 1. The maximum Gasteiger partial charge on any atom is 0.264 e. The van der Waals surface area contributed by atoms with Crippen LogP contribution < -0.4 is 5.56 Å². The molecule has 0 saturated heterocycles. The van der Waals surface area contributed by atoms with Crippen molar-refractivity contribution in [3.8, 4) is 11.4 Å². The van der Waals surface area contributed by atoms with Crippen LogP contribution in [0.4, 0.5) is 0 Å². The predicted octanol–water partition coefficient (Wildman–Crippen LogP) is 2.60. The van der Waals surface area contributed by atoms with Crippen molar-refractivity contribution >= 4 is 5.91 Å². The van der Waals surface area contributed by atoms with Gasteiger partial charge < -0.3 is 14.6 Å². The van der Waals surface area contributed by atoms with Gasteiger partial charge in [0, 0.05) is 32.1 Å². The maximum atomic E-state index is 12.9. The van der Waals surface area contributed by atoms with Crippen molar-refractivity contribution in [2.75, 3.05) is 20.8 Å². The smallest absolute Gasteiger partial charge is 0.264 e. The fourth-order valence-corrected chi connectivity index (χ4v) is 2.86. The maximum absolute atomic E-state index is 12.9. The van der Waals surface area contributed by atoms with Gasteiger partial charge in [0.25, 0.3) is 11.5 Å². The lowest BCUT2D eigenvalue weighted by Gasteiger charge is -2.27.